The Bertz CT molecular complexity index is 452. The van der Waals surface area contributed by atoms with Gasteiger partial charge in [0.2, 0.25) is 11.8 Å². The van der Waals surface area contributed by atoms with E-state index < -0.39 is 11.9 Å². The summed E-state index contributed by atoms with van der Waals surface area (Å²) in [5.74, 6) is -0.979. The minimum absolute atomic E-state index is 0.0827. The molecule has 0 unspecified atom stereocenters. The van der Waals surface area contributed by atoms with Crippen molar-refractivity contribution in [1.29, 1.82) is 0 Å². The molecule has 0 radical (unpaired) electrons. The molecule has 2 rings (SSSR count). The summed E-state index contributed by atoms with van der Waals surface area (Å²) in [5.41, 5.74) is 0.387. The Morgan fingerprint density at radius 2 is 2.27 bits per heavy atom. The van der Waals surface area contributed by atoms with E-state index in [4.69, 9.17) is 0 Å². The lowest BCUT2D eigenvalue weighted by atomic mass is 10.4. The van der Waals surface area contributed by atoms with Gasteiger partial charge >= 0.3 is 0 Å². The van der Waals surface area contributed by atoms with Gasteiger partial charge in [0.1, 0.15) is 6.33 Å². The van der Waals surface area contributed by atoms with Crippen LogP contribution in [0.1, 0.15) is 10.6 Å². The first-order valence-electron chi connectivity index (χ1n) is 4.04. The van der Waals surface area contributed by atoms with Crippen LogP contribution in [0.4, 0.5) is 10.1 Å². The van der Waals surface area contributed by atoms with Crippen molar-refractivity contribution >= 4 is 11.6 Å². The zero-order valence-corrected chi connectivity index (χ0v) is 7.44. The van der Waals surface area contributed by atoms with Gasteiger partial charge in [-0.15, -0.1) is 0 Å². The van der Waals surface area contributed by atoms with Gasteiger partial charge in [0.05, 0.1) is 11.9 Å². The molecule has 6 nitrogen and oxygen atoms in total. The van der Waals surface area contributed by atoms with Crippen molar-refractivity contribution in [2.24, 2.45) is 0 Å². The van der Waals surface area contributed by atoms with Gasteiger partial charge in [-0.1, -0.05) is 0 Å². The third-order valence-corrected chi connectivity index (χ3v) is 1.62. The number of carbonyl (C=O) groups is 1. The number of nitrogens with zero attached hydrogens (tertiary/aromatic N) is 3. The molecule has 2 aromatic heterocycles. The highest BCUT2D eigenvalue weighted by Gasteiger charge is 2.08. The van der Waals surface area contributed by atoms with E-state index in [2.05, 4.69) is 25.5 Å². The number of amides is 1. The molecule has 0 bridgehead atoms. The second-order valence-electron chi connectivity index (χ2n) is 2.66. The van der Waals surface area contributed by atoms with Gasteiger partial charge in [0, 0.05) is 0 Å². The molecular weight excluding hydrogens is 201 g/mol. The van der Waals surface area contributed by atoms with Gasteiger partial charge in [-0.05, 0) is 12.1 Å². The summed E-state index contributed by atoms with van der Waals surface area (Å²) in [6.07, 6.45) is 2.43. The molecule has 2 heterocycles. The fourth-order valence-corrected chi connectivity index (χ4v) is 0.955. The second-order valence-corrected chi connectivity index (χ2v) is 2.66. The van der Waals surface area contributed by atoms with Crippen molar-refractivity contribution in [3.63, 3.8) is 0 Å². The summed E-state index contributed by atoms with van der Waals surface area (Å²) in [6, 6.07) is 2.55. The minimum atomic E-state index is -0.604. The van der Waals surface area contributed by atoms with E-state index in [9.17, 15) is 9.18 Å². The van der Waals surface area contributed by atoms with Crippen molar-refractivity contribution in [2.45, 2.75) is 0 Å². The van der Waals surface area contributed by atoms with Gasteiger partial charge < -0.3 is 5.32 Å². The van der Waals surface area contributed by atoms with Crippen LogP contribution in [-0.2, 0) is 0 Å². The Kier molecular flexibility index (Phi) is 2.36. The highest BCUT2D eigenvalue weighted by molar-refractivity contribution is 6.01. The van der Waals surface area contributed by atoms with E-state index in [1.165, 1.54) is 18.6 Å². The maximum atomic E-state index is 12.4. The summed E-state index contributed by atoms with van der Waals surface area (Å²) < 4.78 is 12.4. The Hall–Kier alpha value is -2.31. The van der Waals surface area contributed by atoms with E-state index in [0.717, 1.165) is 6.07 Å². The summed E-state index contributed by atoms with van der Waals surface area (Å²) in [4.78, 5) is 18.4. The zero-order chi connectivity index (χ0) is 10.7. The van der Waals surface area contributed by atoms with Gasteiger partial charge in [-0.25, -0.2) is 9.97 Å². The van der Waals surface area contributed by atoms with Crippen LogP contribution in [-0.4, -0.2) is 26.1 Å². The molecule has 0 aliphatic rings. The predicted octanol–water partition coefficient (Wildman–Crippen LogP) is 0.591. The van der Waals surface area contributed by atoms with E-state index in [1.54, 1.807) is 0 Å². The summed E-state index contributed by atoms with van der Waals surface area (Å²) in [6.45, 7) is 0. The van der Waals surface area contributed by atoms with Crippen molar-refractivity contribution in [2.75, 3.05) is 5.32 Å². The molecule has 0 aliphatic carbocycles. The number of aromatic nitrogens is 4. The molecule has 0 aliphatic heterocycles. The fraction of sp³-hybridized carbons (Fsp3) is 0. The average Bonchev–Trinajstić information content (AvgIpc) is 2.74. The van der Waals surface area contributed by atoms with Crippen LogP contribution in [0.3, 0.4) is 0 Å². The zero-order valence-electron chi connectivity index (χ0n) is 7.44. The number of aromatic amines is 1. The number of carbonyl (C=O) groups excluding carboxylic acids is 1. The lowest BCUT2D eigenvalue weighted by molar-refractivity contribution is 0.101. The SMILES string of the molecule is O=C(Nc1ccc(F)nc1)c1ncn[nH]1. The molecule has 0 saturated heterocycles. The standard InChI is InChI=1S/C8H6FN5O/c9-6-2-1-5(3-10-6)13-8(15)7-11-4-12-14-7/h1-4H,(H,13,15)(H,11,12,14). The molecule has 0 spiro atoms. The van der Waals surface area contributed by atoms with Crippen LogP contribution in [0.25, 0.3) is 0 Å². The van der Waals surface area contributed by atoms with Crippen LogP contribution >= 0.6 is 0 Å². The van der Waals surface area contributed by atoms with Gasteiger partial charge in [0.15, 0.2) is 0 Å². The van der Waals surface area contributed by atoms with Gasteiger partial charge in [-0.3, -0.25) is 9.89 Å². The van der Waals surface area contributed by atoms with Crippen LogP contribution in [0.5, 0.6) is 0 Å². The summed E-state index contributed by atoms with van der Waals surface area (Å²) in [5, 5.41) is 8.40. The Morgan fingerprint density at radius 3 is 2.87 bits per heavy atom. The lowest BCUT2D eigenvalue weighted by Gasteiger charge is -2.00. The largest absolute Gasteiger partial charge is 0.318 e. The number of rotatable bonds is 2. The molecule has 0 aromatic carbocycles. The van der Waals surface area contributed by atoms with Crippen molar-refractivity contribution < 1.29 is 9.18 Å². The first-order chi connectivity index (χ1) is 7.25. The smallest absolute Gasteiger partial charge is 0.293 e. The number of nitrogens with one attached hydrogen (secondary N) is 2. The Balaban J connectivity index is 2.09. The quantitative estimate of drug-likeness (QED) is 0.706. The molecule has 7 heteroatoms. The third-order valence-electron chi connectivity index (χ3n) is 1.62. The first kappa shape index (κ1) is 9.25. The minimum Gasteiger partial charge on any atom is -0.318 e. The molecule has 2 N–H and O–H groups in total. The van der Waals surface area contributed by atoms with Crippen molar-refractivity contribution in [1.82, 2.24) is 20.2 Å². The first-order valence-corrected chi connectivity index (χ1v) is 4.04. The molecule has 0 fully saturated rings. The van der Waals surface area contributed by atoms with Gasteiger partial charge in [-0.2, -0.15) is 9.49 Å². The maximum absolute atomic E-state index is 12.4. The maximum Gasteiger partial charge on any atom is 0.293 e. The van der Waals surface area contributed by atoms with Gasteiger partial charge in [0.25, 0.3) is 5.91 Å². The lowest BCUT2D eigenvalue weighted by Crippen LogP contribution is -2.13. The predicted molar refractivity (Wildman–Crippen MR) is 48.5 cm³/mol. The van der Waals surface area contributed by atoms with Crippen LogP contribution < -0.4 is 5.32 Å². The van der Waals surface area contributed by atoms with Crippen molar-refractivity contribution in [3.05, 3.63) is 36.4 Å². The Morgan fingerprint density at radius 1 is 1.40 bits per heavy atom. The highest BCUT2D eigenvalue weighted by Crippen LogP contribution is 2.05. The normalized spacial score (nSPS) is 9.93. The topological polar surface area (TPSA) is 83.6 Å². The summed E-state index contributed by atoms with van der Waals surface area (Å²) >= 11 is 0. The number of halogens is 1. The highest BCUT2D eigenvalue weighted by atomic mass is 19.1. The molecule has 1 amide bonds. The van der Waals surface area contributed by atoms with Crippen molar-refractivity contribution in [3.8, 4) is 0 Å². The number of hydrogen-bond acceptors (Lipinski definition) is 4. The van der Waals surface area contributed by atoms with E-state index in [-0.39, 0.29) is 5.82 Å². The molecular formula is C8H6FN5O. The van der Waals surface area contributed by atoms with E-state index in [0.29, 0.717) is 5.69 Å². The molecule has 76 valence electrons. The van der Waals surface area contributed by atoms with E-state index in [1.807, 2.05) is 0 Å². The monoisotopic (exact) mass is 207 g/mol. The molecule has 0 saturated carbocycles. The Labute approximate surface area is 83.6 Å². The van der Waals surface area contributed by atoms with Crippen LogP contribution in [0, 0.1) is 5.95 Å². The summed E-state index contributed by atoms with van der Waals surface area (Å²) in [7, 11) is 0. The van der Waals surface area contributed by atoms with Crippen LogP contribution in [0.15, 0.2) is 24.7 Å². The third kappa shape index (κ3) is 2.13. The molecule has 15 heavy (non-hydrogen) atoms. The number of anilines is 1. The molecule has 0 atom stereocenters. The number of hydrogen-bond donors (Lipinski definition) is 2. The number of pyridine rings is 1. The van der Waals surface area contributed by atoms with E-state index >= 15 is 0 Å². The molecule has 2 aromatic rings. The second kappa shape index (κ2) is 3.82. The number of H-pyrrole nitrogens is 1. The van der Waals surface area contributed by atoms with Crippen LogP contribution in [0.2, 0.25) is 0 Å². The fourth-order valence-electron chi connectivity index (χ4n) is 0.955. The average molecular weight is 207 g/mol.